The predicted molar refractivity (Wildman–Crippen MR) is 256 cm³/mol. The highest BCUT2D eigenvalue weighted by molar-refractivity contribution is 6.10. The van der Waals surface area contributed by atoms with Crippen molar-refractivity contribution in [3.8, 4) is 51.0 Å². The largest absolute Gasteiger partial charge is 0.309 e. The average molecular weight is 795 g/mol. The van der Waals surface area contributed by atoms with Crippen LogP contribution in [-0.4, -0.2) is 19.5 Å². The minimum Gasteiger partial charge on any atom is -0.309 e. The molecule has 9 aromatic rings. The summed E-state index contributed by atoms with van der Waals surface area (Å²) in [4.78, 5) is 15.0. The Kier molecular flexibility index (Phi) is 9.86. The third kappa shape index (κ3) is 6.75. The Labute approximate surface area is 361 Å². The lowest BCUT2D eigenvalue weighted by Gasteiger charge is -2.44. The molecule has 0 N–H and O–H groups in total. The number of fused-ring (bicyclic) bond motifs is 4. The van der Waals surface area contributed by atoms with Gasteiger partial charge in [-0.3, -0.25) is 0 Å². The van der Waals surface area contributed by atoms with Crippen LogP contribution in [0.3, 0.4) is 0 Å². The summed E-state index contributed by atoms with van der Waals surface area (Å²) in [7, 11) is 0. The first-order valence-corrected chi connectivity index (χ1v) is 21.5. The lowest BCUT2D eigenvalue weighted by molar-refractivity contribution is 0.125. The van der Waals surface area contributed by atoms with E-state index < -0.39 is 0 Å². The first kappa shape index (κ1) is 39.8. The van der Waals surface area contributed by atoms with Gasteiger partial charge in [-0.25, -0.2) is 15.0 Å². The van der Waals surface area contributed by atoms with Crippen molar-refractivity contribution in [1.29, 1.82) is 0 Å². The number of para-hydroxylation sites is 1. The minimum atomic E-state index is 0.00558. The SMILES string of the molecule is Cc1cc(-c2nc(-c3ccccc3)nc(-c3ccccc3)n2)cc(-n2c3ccccc3c3cc4c(cc32)C(C)(C)C(C)(C)C4(C)C)c1.Cc1ccccc1-c1ccccc1C. The quantitative estimate of drug-likeness (QED) is 0.174. The van der Waals surface area contributed by atoms with Crippen LogP contribution < -0.4 is 0 Å². The molecule has 7 aromatic carbocycles. The van der Waals surface area contributed by atoms with Crippen molar-refractivity contribution in [2.45, 2.75) is 73.1 Å². The highest BCUT2D eigenvalue weighted by Crippen LogP contribution is 2.62. The molecule has 1 aliphatic carbocycles. The summed E-state index contributed by atoms with van der Waals surface area (Å²) in [5.41, 5.74) is 15.9. The van der Waals surface area contributed by atoms with Gasteiger partial charge in [-0.2, -0.15) is 0 Å². The van der Waals surface area contributed by atoms with E-state index in [2.05, 4.69) is 194 Å². The lowest BCUT2D eigenvalue weighted by Crippen LogP contribution is -2.42. The number of hydrogen-bond donors (Lipinski definition) is 0. The van der Waals surface area contributed by atoms with Crippen molar-refractivity contribution in [1.82, 2.24) is 19.5 Å². The van der Waals surface area contributed by atoms with Gasteiger partial charge in [0.15, 0.2) is 17.5 Å². The standard InChI is InChI=1S/C43H40N4.C14H14/c1-27-22-30(40-45-38(28-16-10-8-11-17-28)44-39(46-40)29-18-12-9-13-19-29)24-31(23-27)47-36-21-15-14-20-32(36)33-25-34-35(26-37(33)47)42(4,5)43(6,7)41(34,2)3;1-11-7-3-5-9-13(11)14-10-6-4-8-12(14)2/h8-26H,1-7H3;3-10H,1-2H3. The number of aryl methyl sites for hydroxylation is 3. The van der Waals surface area contributed by atoms with E-state index in [1.165, 1.54) is 55.2 Å². The molecule has 4 nitrogen and oxygen atoms in total. The van der Waals surface area contributed by atoms with Crippen molar-refractivity contribution in [2.24, 2.45) is 5.41 Å². The average Bonchev–Trinajstić information content (AvgIpc) is 3.64. The van der Waals surface area contributed by atoms with Gasteiger partial charge in [-0.1, -0.05) is 169 Å². The number of hydrogen-bond acceptors (Lipinski definition) is 3. The molecule has 0 aliphatic heterocycles. The van der Waals surface area contributed by atoms with Crippen molar-refractivity contribution in [3.05, 3.63) is 192 Å². The van der Waals surface area contributed by atoms with E-state index in [0.717, 1.165) is 27.9 Å². The van der Waals surface area contributed by atoms with Crippen LogP contribution in [0.1, 0.15) is 69.4 Å². The second-order valence-electron chi connectivity index (χ2n) is 18.4. The predicted octanol–water partition coefficient (Wildman–Crippen LogP) is 14.8. The summed E-state index contributed by atoms with van der Waals surface area (Å²) in [6.07, 6.45) is 0. The van der Waals surface area contributed by atoms with Crippen LogP contribution in [0.15, 0.2) is 164 Å². The molecular weight excluding hydrogens is 741 g/mol. The Bertz CT molecular complexity index is 2980. The minimum absolute atomic E-state index is 0.00558. The molecule has 302 valence electrons. The van der Waals surface area contributed by atoms with Gasteiger partial charge in [-0.15, -0.1) is 0 Å². The molecule has 0 spiro atoms. The maximum absolute atomic E-state index is 5.05. The molecule has 0 unspecified atom stereocenters. The third-order valence-corrected chi connectivity index (χ3v) is 14.1. The zero-order chi connectivity index (χ0) is 42.7. The van der Waals surface area contributed by atoms with Gasteiger partial charge in [0.1, 0.15) is 0 Å². The second-order valence-corrected chi connectivity index (χ2v) is 18.4. The molecule has 0 fully saturated rings. The number of benzene rings is 7. The van der Waals surface area contributed by atoms with Gasteiger partial charge in [0.05, 0.1) is 11.0 Å². The van der Waals surface area contributed by atoms with Crippen LogP contribution in [0.5, 0.6) is 0 Å². The Morgan fingerprint density at radius 2 is 0.852 bits per heavy atom. The molecule has 61 heavy (non-hydrogen) atoms. The molecule has 0 atom stereocenters. The summed E-state index contributed by atoms with van der Waals surface area (Å²) < 4.78 is 2.44. The van der Waals surface area contributed by atoms with Crippen LogP contribution in [0.2, 0.25) is 0 Å². The first-order valence-electron chi connectivity index (χ1n) is 21.5. The number of aromatic nitrogens is 4. The normalized spacial score (nSPS) is 14.7. The van der Waals surface area contributed by atoms with Crippen LogP contribution in [0, 0.1) is 26.2 Å². The van der Waals surface area contributed by atoms with Gasteiger partial charge < -0.3 is 4.57 Å². The fourth-order valence-corrected chi connectivity index (χ4v) is 9.49. The van der Waals surface area contributed by atoms with Crippen LogP contribution in [0.4, 0.5) is 0 Å². The van der Waals surface area contributed by atoms with Crippen LogP contribution >= 0.6 is 0 Å². The molecule has 0 saturated carbocycles. The lowest BCUT2D eigenvalue weighted by atomic mass is 9.59. The van der Waals surface area contributed by atoms with E-state index in [1.807, 2.05) is 36.4 Å². The topological polar surface area (TPSA) is 43.6 Å². The van der Waals surface area contributed by atoms with Gasteiger partial charge in [0, 0.05) is 33.2 Å². The Balaban J connectivity index is 0.000000288. The summed E-state index contributed by atoms with van der Waals surface area (Å²) in [5.74, 6) is 1.99. The first-order chi connectivity index (χ1) is 29.3. The molecule has 2 aromatic heterocycles. The molecule has 0 saturated heterocycles. The zero-order valence-corrected chi connectivity index (χ0v) is 36.9. The van der Waals surface area contributed by atoms with E-state index in [9.17, 15) is 0 Å². The monoisotopic (exact) mass is 794 g/mol. The summed E-state index contributed by atoms with van der Waals surface area (Å²) in [5, 5.41) is 2.56. The number of rotatable bonds is 5. The van der Waals surface area contributed by atoms with E-state index in [1.54, 1.807) is 0 Å². The fourth-order valence-electron chi connectivity index (χ4n) is 9.49. The number of nitrogens with zero attached hydrogens (tertiary/aromatic N) is 4. The molecule has 0 bridgehead atoms. The van der Waals surface area contributed by atoms with E-state index >= 15 is 0 Å². The van der Waals surface area contributed by atoms with Crippen molar-refractivity contribution < 1.29 is 0 Å². The molecular formula is C57H54N4. The molecule has 2 heterocycles. The summed E-state index contributed by atoms with van der Waals surface area (Å²) in [6.45, 7) is 21.0. The second kappa shape index (κ2) is 15.1. The van der Waals surface area contributed by atoms with E-state index in [4.69, 9.17) is 15.0 Å². The maximum Gasteiger partial charge on any atom is 0.164 e. The van der Waals surface area contributed by atoms with Gasteiger partial charge in [0.25, 0.3) is 0 Å². The van der Waals surface area contributed by atoms with Gasteiger partial charge in [0.2, 0.25) is 0 Å². The molecule has 4 heteroatoms. The highest BCUT2D eigenvalue weighted by Gasteiger charge is 2.57. The van der Waals surface area contributed by atoms with E-state index in [-0.39, 0.29) is 16.2 Å². The van der Waals surface area contributed by atoms with Gasteiger partial charge >= 0.3 is 0 Å². The molecule has 0 amide bonds. The smallest absolute Gasteiger partial charge is 0.164 e. The summed E-state index contributed by atoms with van der Waals surface area (Å²) in [6, 6.07) is 57.8. The van der Waals surface area contributed by atoms with E-state index in [0.29, 0.717) is 17.5 Å². The van der Waals surface area contributed by atoms with Crippen LogP contribution in [0.25, 0.3) is 72.8 Å². The Hall–Kier alpha value is -6.65. The fraction of sp³-hybridized carbons (Fsp3) is 0.211. The van der Waals surface area contributed by atoms with Crippen molar-refractivity contribution in [3.63, 3.8) is 0 Å². The molecule has 0 radical (unpaired) electrons. The van der Waals surface area contributed by atoms with Gasteiger partial charge in [-0.05, 0) is 112 Å². The third-order valence-electron chi connectivity index (χ3n) is 14.1. The highest BCUT2D eigenvalue weighted by atomic mass is 15.0. The molecule has 1 aliphatic rings. The van der Waals surface area contributed by atoms with Crippen molar-refractivity contribution >= 4 is 21.8 Å². The zero-order valence-electron chi connectivity index (χ0n) is 36.9. The molecule has 10 rings (SSSR count). The van der Waals surface area contributed by atoms with Crippen molar-refractivity contribution in [2.75, 3.05) is 0 Å². The van der Waals surface area contributed by atoms with Crippen LogP contribution in [-0.2, 0) is 10.8 Å². The Morgan fingerprint density at radius 3 is 1.39 bits per heavy atom. The maximum atomic E-state index is 5.05. The Morgan fingerprint density at radius 1 is 0.393 bits per heavy atom. The summed E-state index contributed by atoms with van der Waals surface area (Å²) >= 11 is 0.